The van der Waals surface area contributed by atoms with E-state index in [4.69, 9.17) is 0 Å². The molecule has 1 N–H and O–H groups in total. The SMILES string of the molecule is CCNCC1CCN(C(=O)CCc2cccc(Br)c2)CC1.Cl. The highest BCUT2D eigenvalue weighted by molar-refractivity contribution is 9.10. The van der Waals surface area contributed by atoms with Gasteiger partial charge in [-0.3, -0.25) is 4.79 Å². The van der Waals surface area contributed by atoms with Crippen LogP contribution in [0.15, 0.2) is 28.7 Å². The number of amides is 1. The quantitative estimate of drug-likeness (QED) is 0.805. The van der Waals surface area contributed by atoms with E-state index in [0.29, 0.717) is 12.3 Å². The van der Waals surface area contributed by atoms with Crippen LogP contribution in [0.1, 0.15) is 31.7 Å². The summed E-state index contributed by atoms with van der Waals surface area (Å²) >= 11 is 3.47. The lowest BCUT2D eigenvalue weighted by atomic mass is 9.96. The van der Waals surface area contributed by atoms with Crippen LogP contribution in [0.2, 0.25) is 0 Å². The number of carbonyl (C=O) groups excluding carboxylic acids is 1. The van der Waals surface area contributed by atoms with E-state index in [1.54, 1.807) is 0 Å². The molecule has 3 nitrogen and oxygen atoms in total. The summed E-state index contributed by atoms with van der Waals surface area (Å²) in [6, 6.07) is 8.22. The number of nitrogens with one attached hydrogen (secondary N) is 1. The largest absolute Gasteiger partial charge is 0.343 e. The number of piperidine rings is 1. The van der Waals surface area contributed by atoms with Crippen molar-refractivity contribution in [3.8, 4) is 0 Å². The highest BCUT2D eigenvalue weighted by atomic mass is 79.9. The number of likely N-dealkylation sites (tertiary alicyclic amines) is 1. The van der Waals surface area contributed by atoms with Crippen molar-refractivity contribution >= 4 is 34.2 Å². The van der Waals surface area contributed by atoms with Crippen molar-refractivity contribution in [2.75, 3.05) is 26.2 Å². The number of rotatable bonds is 6. The monoisotopic (exact) mass is 388 g/mol. The lowest BCUT2D eigenvalue weighted by molar-refractivity contribution is -0.132. The first kappa shape index (κ1) is 19.5. The summed E-state index contributed by atoms with van der Waals surface area (Å²) in [4.78, 5) is 14.3. The molecule has 0 radical (unpaired) electrons. The minimum atomic E-state index is 0. The van der Waals surface area contributed by atoms with E-state index in [1.807, 2.05) is 17.0 Å². The zero-order chi connectivity index (χ0) is 15.1. The summed E-state index contributed by atoms with van der Waals surface area (Å²) in [5.74, 6) is 1.04. The number of benzene rings is 1. The molecule has 22 heavy (non-hydrogen) atoms. The second-order valence-electron chi connectivity index (χ2n) is 5.76. The molecule has 1 aromatic carbocycles. The van der Waals surface area contributed by atoms with Crippen molar-refractivity contribution in [2.45, 2.75) is 32.6 Å². The molecule has 0 aliphatic carbocycles. The number of halogens is 2. The topological polar surface area (TPSA) is 32.3 Å². The van der Waals surface area contributed by atoms with Gasteiger partial charge in [0.1, 0.15) is 0 Å². The van der Waals surface area contributed by atoms with Gasteiger partial charge in [0.2, 0.25) is 5.91 Å². The molecule has 0 unspecified atom stereocenters. The Morgan fingerprint density at radius 2 is 2.09 bits per heavy atom. The predicted octanol–water partition coefficient (Wildman–Crippen LogP) is 3.65. The zero-order valence-corrected chi connectivity index (χ0v) is 15.6. The molecule has 0 aromatic heterocycles. The minimum absolute atomic E-state index is 0. The standard InChI is InChI=1S/C17H25BrN2O.ClH/c1-2-19-13-15-8-10-20(11-9-15)17(21)7-6-14-4-3-5-16(18)12-14;/h3-5,12,15,19H,2,6-11,13H2,1H3;1H. The molecule has 0 spiro atoms. The molecule has 1 aliphatic heterocycles. The van der Waals surface area contributed by atoms with Crippen molar-refractivity contribution in [3.05, 3.63) is 34.3 Å². The fraction of sp³-hybridized carbons (Fsp3) is 0.588. The van der Waals surface area contributed by atoms with Crippen molar-refractivity contribution in [2.24, 2.45) is 5.92 Å². The Kier molecular flexibility index (Phi) is 9.06. The highest BCUT2D eigenvalue weighted by Crippen LogP contribution is 2.18. The third-order valence-corrected chi connectivity index (χ3v) is 4.66. The van der Waals surface area contributed by atoms with Crippen LogP contribution in [0.5, 0.6) is 0 Å². The van der Waals surface area contributed by atoms with E-state index in [9.17, 15) is 4.79 Å². The van der Waals surface area contributed by atoms with Gasteiger partial charge >= 0.3 is 0 Å². The number of hydrogen-bond donors (Lipinski definition) is 1. The second-order valence-corrected chi connectivity index (χ2v) is 6.68. The molecule has 1 aromatic rings. The Labute approximate surface area is 148 Å². The molecular weight excluding hydrogens is 364 g/mol. The Hall–Kier alpha value is -0.580. The summed E-state index contributed by atoms with van der Waals surface area (Å²) < 4.78 is 1.08. The van der Waals surface area contributed by atoms with Gasteiger partial charge in [0.25, 0.3) is 0 Å². The van der Waals surface area contributed by atoms with Crippen molar-refractivity contribution < 1.29 is 4.79 Å². The summed E-state index contributed by atoms with van der Waals surface area (Å²) in [7, 11) is 0. The molecule has 0 bridgehead atoms. The van der Waals surface area contributed by atoms with Crippen LogP contribution in [0, 0.1) is 5.92 Å². The normalized spacial score (nSPS) is 15.5. The molecule has 0 saturated carbocycles. The van der Waals surface area contributed by atoms with E-state index in [-0.39, 0.29) is 12.4 Å². The first-order valence-corrected chi connectivity index (χ1v) is 8.71. The Bertz CT molecular complexity index is 462. The van der Waals surface area contributed by atoms with Crippen LogP contribution >= 0.6 is 28.3 Å². The minimum Gasteiger partial charge on any atom is -0.343 e. The van der Waals surface area contributed by atoms with Gasteiger partial charge in [0.15, 0.2) is 0 Å². The molecule has 5 heteroatoms. The van der Waals surface area contributed by atoms with Gasteiger partial charge < -0.3 is 10.2 Å². The molecule has 1 aliphatic rings. The van der Waals surface area contributed by atoms with Gasteiger partial charge in [-0.1, -0.05) is 35.0 Å². The fourth-order valence-electron chi connectivity index (χ4n) is 2.84. The zero-order valence-electron chi connectivity index (χ0n) is 13.2. The number of nitrogens with zero attached hydrogens (tertiary/aromatic N) is 1. The lowest BCUT2D eigenvalue weighted by Gasteiger charge is -2.32. The van der Waals surface area contributed by atoms with Gasteiger partial charge in [-0.05, 0) is 56.0 Å². The van der Waals surface area contributed by atoms with Gasteiger partial charge in [0, 0.05) is 24.0 Å². The molecule has 124 valence electrons. The third kappa shape index (κ3) is 6.27. The fourth-order valence-corrected chi connectivity index (χ4v) is 3.28. The van der Waals surface area contributed by atoms with Crippen LogP contribution in [-0.4, -0.2) is 37.0 Å². The maximum atomic E-state index is 12.3. The maximum absolute atomic E-state index is 12.3. The number of aryl methyl sites for hydroxylation is 1. The average Bonchev–Trinajstić information content (AvgIpc) is 2.51. The summed E-state index contributed by atoms with van der Waals surface area (Å²) in [5.41, 5.74) is 1.22. The van der Waals surface area contributed by atoms with E-state index < -0.39 is 0 Å². The van der Waals surface area contributed by atoms with E-state index in [0.717, 1.165) is 55.8 Å². The average molecular weight is 390 g/mol. The van der Waals surface area contributed by atoms with E-state index in [1.165, 1.54) is 5.56 Å². The first-order chi connectivity index (χ1) is 10.2. The van der Waals surface area contributed by atoms with Crippen molar-refractivity contribution in [3.63, 3.8) is 0 Å². The van der Waals surface area contributed by atoms with Crippen LogP contribution in [0.4, 0.5) is 0 Å². The predicted molar refractivity (Wildman–Crippen MR) is 97.6 cm³/mol. The molecule has 1 heterocycles. The summed E-state index contributed by atoms with van der Waals surface area (Å²) in [6.45, 7) is 6.11. The van der Waals surface area contributed by atoms with Crippen LogP contribution in [0.3, 0.4) is 0 Å². The van der Waals surface area contributed by atoms with Crippen molar-refractivity contribution in [1.82, 2.24) is 10.2 Å². The molecule has 1 amide bonds. The molecule has 2 rings (SSSR count). The van der Waals surface area contributed by atoms with Gasteiger partial charge in [-0.2, -0.15) is 0 Å². The summed E-state index contributed by atoms with van der Waals surface area (Å²) in [6.07, 6.45) is 3.72. The lowest BCUT2D eigenvalue weighted by Crippen LogP contribution is -2.40. The Balaban J connectivity index is 0.00000242. The molecule has 1 saturated heterocycles. The Morgan fingerprint density at radius 1 is 1.36 bits per heavy atom. The van der Waals surface area contributed by atoms with Crippen LogP contribution in [-0.2, 0) is 11.2 Å². The second kappa shape index (κ2) is 10.2. The molecule has 0 atom stereocenters. The summed E-state index contributed by atoms with van der Waals surface area (Å²) in [5, 5.41) is 3.41. The number of carbonyl (C=O) groups is 1. The Morgan fingerprint density at radius 3 is 2.73 bits per heavy atom. The highest BCUT2D eigenvalue weighted by Gasteiger charge is 2.22. The maximum Gasteiger partial charge on any atom is 0.222 e. The van der Waals surface area contributed by atoms with Crippen LogP contribution < -0.4 is 5.32 Å². The third-order valence-electron chi connectivity index (χ3n) is 4.17. The van der Waals surface area contributed by atoms with E-state index >= 15 is 0 Å². The van der Waals surface area contributed by atoms with Gasteiger partial charge in [-0.15, -0.1) is 12.4 Å². The smallest absolute Gasteiger partial charge is 0.222 e. The van der Waals surface area contributed by atoms with Crippen molar-refractivity contribution in [1.29, 1.82) is 0 Å². The van der Waals surface area contributed by atoms with Gasteiger partial charge in [-0.25, -0.2) is 0 Å². The van der Waals surface area contributed by atoms with E-state index in [2.05, 4.69) is 40.3 Å². The van der Waals surface area contributed by atoms with Crippen LogP contribution in [0.25, 0.3) is 0 Å². The number of hydrogen-bond acceptors (Lipinski definition) is 2. The molecular formula is C17H26BrClN2O. The van der Waals surface area contributed by atoms with Gasteiger partial charge in [0.05, 0.1) is 0 Å². The first-order valence-electron chi connectivity index (χ1n) is 7.92. The molecule has 1 fully saturated rings.